The molecule has 1 aliphatic rings. The molecule has 0 spiro atoms. The smallest absolute Gasteiger partial charge is 0.221 e. The van der Waals surface area contributed by atoms with Crippen LogP contribution in [-0.4, -0.2) is 30.1 Å². The number of carbonyl (C=O) groups is 1. The van der Waals surface area contributed by atoms with Crippen molar-refractivity contribution in [1.82, 2.24) is 10.3 Å². The fraction of sp³-hybridized carbons (Fsp3) is 0.375. The molecule has 0 radical (unpaired) electrons. The molecule has 5 nitrogen and oxygen atoms in total. The molecule has 0 saturated carbocycles. The molecule has 110 valence electrons. The summed E-state index contributed by atoms with van der Waals surface area (Å²) >= 11 is 0. The number of carbonyl (C=O) groups excluding carboxylic acids is 1. The monoisotopic (exact) mass is 285 g/mol. The molecule has 1 aromatic carbocycles. The third kappa shape index (κ3) is 3.13. The number of nitrogens with zero attached hydrogens (tertiary/aromatic N) is 1. The van der Waals surface area contributed by atoms with Crippen LogP contribution in [0.15, 0.2) is 30.6 Å². The fourth-order valence-electron chi connectivity index (χ4n) is 2.64. The van der Waals surface area contributed by atoms with Crippen LogP contribution < -0.4 is 15.4 Å². The minimum atomic E-state index is -0.102. The molecule has 0 aliphatic carbocycles. The van der Waals surface area contributed by atoms with Crippen molar-refractivity contribution in [3.63, 3.8) is 0 Å². The lowest BCUT2D eigenvalue weighted by atomic mass is 10.1. The van der Waals surface area contributed by atoms with Crippen LogP contribution >= 0.6 is 0 Å². The van der Waals surface area contributed by atoms with Crippen LogP contribution in [0.25, 0.3) is 10.8 Å². The molecule has 1 saturated heterocycles. The molecule has 21 heavy (non-hydrogen) atoms. The molecular formula is C16H19N3O2. The molecule has 1 aromatic heterocycles. The number of amides is 1. The van der Waals surface area contributed by atoms with Gasteiger partial charge in [0.15, 0.2) is 0 Å². The van der Waals surface area contributed by atoms with Crippen molar-refractivity contribution in [2.75, 3.05) is 18.4 Å². The number of rotatable bonds is 3. The number of piperidine rings is 1. The Balaban J connectivity index is 1.97. The minimum absolute atomic E-state index is 0.102. The largest absolute Gasteiger partial charge is 0.488 e. The quantitative estimate of drug-likeness (QED) is 0.908. The van der Waals surface area contributed by atoms with Crippen molar-refractivity contribution in [1.29, 1.82) is 0 Å². The fourth-order valence-corrected chi connectivity index (χ4v) is 2.64. The topological polar surface area (TPSA) is 63.2 Å². The summed E-state index contributed by atoms with van der Waals surface area (Å²) in [6, 6.07) is 5.79. The highest BCUT2D eigenvalue weighted by atomic mass is 16.5. The van der Waals surface area contributed by atoms with Gasteiger partial charge in [-0.1, -0.05) is 0 Å². The van der Waals surface area contributed by atoms with Gasteiger partial charge in [-0.25, -0.2) is 0 Å². The Morgan fingerprint density at radius 2 is 2.14 bits per heavy atom. The van der Waals surface area contributed by atoms with Crippen LogP contribution in [-0.2, 0) is 4.79 Å². The lowest BCUT2D eigenvalue weighted by Gasteiger charge is -2.25. The molecule has 0 atom stereocenters. The third-order valence-corrected chi connectivity index (χ3v) is 3.66. The number of anilines is 1. The summed E-state index contributed by atoms with van der Waals surface area (Å²) in [7, 11) is 0. The number of ether oxygens (including phenoxy) is 1. The Morgan fingerprint density at radius 3 is 2.90 bits per heavy atom. The van der Waals surface area contributed by atoms with Gasteiger partial charge in [0.05, 0.1) is 5.69 Å². The Bertz CT molecular complexity index is 651. The number of benzene rings is 1. The van der Waals surface area contributed by atoms with Gasteiger partial charge in [0.2, 0.25) is 5.91 Å². The molecule has 2 heterocycles. The maximum atomic E-state index is 11.5. The van der Waals surface area contributed by atoms with Crippen molar-refractivity contribution >= 4 is 22.4 Å². The maximum absolute atomic E-state index is 11.5. The van der Waals surface area contributed by atoms with Crippen molar-refractivity contribution in [2.45, 2.75) is 25.9 Å². The second-order valence-electron chi connectivity index (χ2n) is 5.28. The van der Waals surface area contributed by atoms with E-state index in [-0.39, 0.29) is 12.0 Å². The van der Waals surface area contributed by atoms with E-state index in [9.17, 15) is 4.79 Å². The van der Waals surface area contributed by atoms with E-state index in [1.165, 1.54) is 6.92 Å². The van der Waals surface area contributed by atoms with E-state index in [2.05, 4.69) is 15.6 Å². The summed E-state index contributed by atoms with van der Waals surface area (Å²) in [5, 5.41) is 8.15. The van der Waals surface area contributed by atoms with Crippen LogP contribution in [0, 0.1) is 0 Å². The first-order valence-corrected chi connectivity index (χ1v) is 7.26. The first kappa shape index (κ1) is 13.8. The van der Waals surface area contributed by atoms with Crippen LogP contribution in [0.4, 0.5) is 5.69 Å². The van der Waals surface area contributed by atoms with Gasteiger partial charge in [0, 0.05) is 30.1 Å². The zero-order valence-corrected chi connectivity index (χ0v) is 12.1. The number of fused-ring (bicyclic) bond motifs is 1. The van der Waals surface area contributed by atoms with E-state index < -0.39 is 0 Å². The summed E-state index contributed by atoms with van der Waals surface area (Å²) in [4.78, 5) is 15.6. The SMILES string of the molecule is CC(=O)Nc1c(OC2CCNCC2)ccc2cnccc12. The number of pyridine rings is 1. The van der Waals surface area contributed by atoms with Gasteiger partial charge < -0.3 is 15.4 Å². The normalized spacial score (nSPS) is 15.9. The Labute approximate surface area is 123 Å². The molecule has 5 heteroatoms. The van der Waals surface area contributed by atoms with Gasteiger partial charge in [0.25, 0.3) is 0 Å². The van der Waals surface area contributed by atoms with Crippen molar-refractivity contribution < 1.29 is 9.53 Å². The van der Waals surface area contributed by atoms with Gasteiger partial charge >= 0.3 is 0 Å². The van der Waals surface area contributed by atoms with Crippen LogP contribution in [0.1, 0.15) is 19.8 Å². The number of aromatic nitrogens is 1. The molecule has 1 aliphatic heterocycles. The molecule has 1 amide bonds. The standard InChI is InChI=1S/C16H19N3O2/c1-11(20)19-16-14-6-9-18-10-12(14)2-3-15(16)21-13-4-7-17-8-5-13/h2-3,6,9-10,13,17H,4-5,7-8H2,1H3,(H,19,20). The third-order valence-electron chi connectivity index (χ3n) is 3.66. The van der Waals surface area contributed by atoms with E-state index >= 15 is 0 Å². The Hall–Kier alpha value is -2.14. The zero-order valence-electron chi connectivity index (χ0n) is 12.1. The second kappa shape index (κ2) is 6.10. The minimum Gasteiger partial charge on any atom is -0.488 e. The van der Waals surface area contributed by atoms with Crippen molar-refractivity contribution in [2.24, 2.45) is 0 Å². The van der Waals surface area contributed by atoms with Gasteiger partial charge in [-0.05, 0) is 44.1 Å². The highest BCUT2D eigenvalue weighted by molar-refractivity contribution is 6.03. The first-order valence-electron chi connectivity index (χ1n) is 7.26. The van der Waals surface area contributed by atoms with Crippen molar-refractivity contribution in [3.05, 3.63) is 30.6 Å². The van der Waals surface area contributed by atoms with Gasteiger partial charge in [0.1, 0.15) is 11.9 Å². The van der Waals surface area contributed by atoms with Crippen molar-refractivity contribution in [3.8, 4) is 5.75 Å². The predicted molar refractivity (Wildman–Crippen MR) is 82.6 cm³/mol. The molecule has 3 rings (SSSR count). The van der Waals surface area contributed by atoms with Crippen LogP contribution in [0.3, 0.4) is 0 Å². The van der Waals surface area contributed by atoms with Gasteiger partial charge in [-0.15, -0.1) is 0 Å². The Kier molecular flexibility index (Phi) is 4.01. The maximum Gasteiger partial charge on any atom is 0.221 e. The summed E-state index contributed by atoms with van der Waals surface area (Å²) in [5.74, 6) is 0.630. The molecule has 2 N–H and O–H groups in total. The lowest BCUT2D eigenvalue weighted by Crippen LogP contribution is -2.34. The zero-order chi connectivity index (χ0) is 14.7. The highest BCUT2D eigenvalue weighted by Gasteiger charge is 2.18. The predicted octanol–water partition coefficient (Wildman–Crippen LogP) is 2.32. The van der Waals surface area contributed by atoms with E-state index in [4.69, 9.17) is 4.74 Å². The highest BCUT2D eigenvalue weighted by Crippen LogP contribution is 2.34. The molecule has 1 fully saturated rings. The van der Waals surface area contributed by atoms with Gasteiger partial charge in [-0.2, -0.15) is 0 Å². The average molecular weight is 285 g/mol. The first-order chi connectivity index (χ1) is 10.2. The van der Waals surface area contributed by atoms with E-state index in [1.54, 1.807) is 12.4 Å². The average Bonchev–Trinajstić information content (AvgIpc) is 2.50. The summed E-state index contributed by atoms with van der Waals surface area (Å²) in [5.41, 5.74) is 0.737. The molecular weight excluding hydrogens is 266 g/mol. The van der Waals surface area contributed by atoms with Crippen LogP contribution in [0.2, 0.25) is 0 Å². The molecule has 0 bridgehead atoms. The van der Waals surface area contributed by atoms with E-state index in [0.717, 1.165) is 48.1 Å². The number of nitrogens with one attached hydrogen (secondary N) is 2. The van der Waals surface area contributed by atoms with E-state index in [0.29, 0.717) is 0 Å². The molecule has 2 aromatic rings. The molecule has 0 unspecified atom stereocenters. The number of hydrogen-bond acceptors (Lipinski definition) is 4. The van der Waals surface area contributed by atoms with Crippen LogP contribution in [0.5, 0.6) is 5.75 Å². The lowest BCUT2D eigenvalue weighted by molar-refractivity contribution is -0.114. The second-order valence-corrected chi connectivity index (χ2v) is 5.28. The summed E-state index contributed by atoms with van der Waals surface area (Å²) in [6.07, 6.45) is 5.66. The van der Waals surface area contributed by atoms with Gasteiger partial charge in [-0.3, -0.25) is 9.78 Å². The van der Waals surface area contributed by atoms with E-state index in [1.807, 2.05) is 18.2 Å². The Morgan fingerprint density at radius 1 is 1.33 bits per heavy atom. The summed E-state index contributed by atoms with van der Waals surface area (Å²) < 4.78 is 6.12. The summed E-state index contributed by atoms with van der Waals surface area (Å²) in [6.45, 7) is 3.45. The number of hydrogen-bond donors (Lipinski definition) is 2.